The number of rotatable bonds is 0. The van der Waals surface area contributed by atoms with Gasteiger partial charge in [-0.3, -0.25) is 0 Å². The fourth-order valence-corrected chi connectivity index (χ4v) is 3.34. The maximum absolute atomic E-state index is 9.58. The standard InChI is InChI=1S/C9H14O2/c1-9-5-3-2-4-6(7(5)9)11-8(9)10/h5-8,10H,2-4H2,1H3. The second kappa shape index (κ2) is 1.64. The summed E-state index contributed by atoms with van der Waals surface area (Å²) in [6, 6.07) is 0. The minimum atomic E-state index is -0.456. The summed E-state index contributed by atoms with van der Waals surface area (Å²) in [5.41, 5.74) is 0.154. The van der Waals surface area contributed by atoms with Crippen LogP contribution in [0.25, 0.3) is 0 Å². The molecule has 1 saturated heterocycles. The van der Waals surface area contributed by atoms with Crippen molar-refractivity contribution in [1.29, 1.82) is 0 Å². The Kier molecular flexibility index (Phi) is 0.961. The Balaban J connectivity index is 1.96. The lowest BCUT2D eigenvalue weighted by Gasteiger charge is -2.24. The van der Waals surface area contributed by atoms with Crippen molar-refractivity contribution in [3.05, 3.63) is 0 Å². The van der Waals surface area contributed by atoms with Gasteiger partial charge in [-0.15, -0.1) is 0 Å². The first kappa shape index (κ1) is 6.44. The van der Waals surface area contributed by atoms with Gasteiger partial charge in [0, 0.05) is 5.41 Å². The molecule has 0 aromatic heterocycles. The van der Waals surface area contributed by atoms with Gasteiger partial charge in [-0.05, 0) is 24.7 Å². The molecule has 1 heterocycles. The molecule has 11 heavy (non-hydrogen) atoms. The predicted molar refractivity (Wildman–Crippen MR) is 39.8 cm³/mol. The van der Waals surface area contributed by atoms with E-state index >= 15 is 0 Å². The van der Waals surface area contributed by atoms with Gasteiger partial charge in [-0.2, -0.15) is 0 Å². The van der Waals surface area contributed by atoms with E-state index in [4.69, 9.17) is 4.74 Å². The van der Waals surface area contributed by atoms with E-state index in [1.807, 2.05) is 0 Å². The maximum atomic E-state index is 9.58. The monoisotopic (exact) mass is 154 g/mol. The summed E-state index contributed by atoms with van der Waals surface area (Å²) in [5.74, 6) is 1.48. The molecule has 2 saturated carbocycles. The Morgan fingerprint density at radius 1 is 1.45 bits per heavy atom. The van der Waals surface area contributed by atoms with Crippen LogP contribution in [0.4, 0.5) is 0 Å². The third kappa shape index (κ3) is 0.541. The fraction of sp³-hybridized carbons (Fsp3) is 1.00. The number of ether oxygens (including phenoxy) is 1. The normalized spacial score (nSPS) is 66.0. The van der Waals surface area contributed by atoms with E-state index < -0.39 is 6.29 Å². The van der Waals surface area contributed by atoms with E-state index in [9.17, 15) is 5.11 Å². The van der Waals surface area contributed by atoms with Crippen LogP contribution in [0.3, 0.4) is 0 Å². The van der Waals surface area contributed by atoms with Crippen LogP contribution in [0.5, 0.6) is 0 Å². The summed E-state index contributed by atoms with van der Waals surface area (Å²) >= 11 is 0. The van der Waals surface area contributed by atoms with Crippen LogP contribution in [0.15, 0.2) is 0 Å². The lowest BCUT2D eigenvalue weighted by molar-refractivity contribution is -0.148. The van der Waals surface area contributed by atoms with E-state index in [1.165, 1.54) is 19.3 Å². The highest BCUT2D eigenvalue weighted by Crippen LogP contribution is 2.71. The Hall–Kier alpha value is -0.0800. The van der Waals surface area contributed by atoms with E-state index in [2.05, 4.69) is 6.92 Å². The summed E-state index contributed by atoms with van der Waals surface area (Å²) < 4.78 is 5.45. The number of aliphatic hydroxyl groups is 1. The third-order valence-electron chi connectivity index (χ3n) is 4.08. The zero-order chi connectivity index (χ0) is 7.64. The van der Waals surface area contributed by atoms with Crippen LogP contribution in [0, 0.1) is 17.3 Å². The van der Waals surface area contributed by atoms with Gasteiger partial charge in [-0.25, -0.2) is 0 Å². The van der Waals surface area contributed by atoms with Gasteiger partial charge < -0.3 is 9.84 Å². The van der Waals surface area contributed by atoms with Gasteiger partial charge in [0.05, 0.1) is 6.10 Å². The van der Waals surface area contributed by atoms with E-state index in [0.717, 1.165) is 5.92 Å². The van der Waals surface area contributed by atoms with Crippen LogP contribution in [0.1, 0.15) is 26.2 Å². The molecule has 5 atom stereocenters. The van der Waals surface area contributed by atoms with Gasteiger partial charge in [0.25, 0.3) is 0 Å². The van der Waals surface area contributed by atoms with Crippen molar-refractivity contribution >= 4 is 0 Å². The van der Waals surface area contributed by atoms with Gasteiger partial charge in [0.2, 0.25) is 0 Å². The van der Waals surface area contributed by atoms with Gasteiger partial charge in [-0.1, -0.05) is 13.3 Å². The second-order valence-electron chi connectivity index (χ2n) is 4.46. The zero-order valence-corrected chi connectivity index (χ0v) is 6.79. The quantitative estimate of drug-likeness (QED) is 0.567. The summed E-state index contributed by atoms with van der Waals surface area (Å²) in [6.45, 7) is 2.18. The largest absolute Gasteiger partial charge is 0.367 e. The molecule has 3 aliphatic rings. The van der Waals surface area contributed by atoms with Crippen LogP contribution < -0.4 is 0 Å². The highest BCUT2D eigenvalue weighted by Gasteiger charge is 2.73. The van der Waals surface area contributed by atoms with Crippen LogP contribution >= 0.6 is 0 Å². The van der Waals surface area contributed by atoms with Crippen molar-refractivity contribution in [2.75, 3.05) is 0 Å². The first-order valence-electron chi connectivity index (χ1n) is 4.58. The lowest BCUT2D eigenvalue weighted by atomic mass is 9.98. The minimum absolute atomic E-state index is 0.154. The van der Waals surface area contributed by atoms with Crippen molar-refractivity contribution in [1.82, 2.24) is 0 Å². The van der Waals surface area contributed by atoms with Crippen LogP contribution in [-0.4, -0.2) is 17.5 Å². The molecule has 2 aliphatic carbocycles. The molecular formula is C9H14O2. The first-order chi connectivity index (χ1) is 5.24. The lowest BCUT2D eigenvalue weighted by Crippen LogP contribution is -2.26. The molecular weight excluding hydrogens is 140 g/mol. The molecule has 0 aromatic rings. The molecule has 62 valence electrons. The summed E-state index contributed by atoms with van der Waals surface area (Å²) in [6.07, 6.45) is 3.73. The number of fused-ring (bicyclic) bond motifs is 1. The summed E-state index contributed by atoms with van der Waals surface area (Å²) in [7, 11) is 0. The maximum Gasteiger partial charge on any atom is 0.160 e. The molecule has 5 unspecified atom stereocenters. The smallest absolute Gasteiger partial charge is 0.160 e. The molecule has 0 amide bonds. The molecule has 2 nitrogen and oxygen atoms in total. The van der Waals surface area contributed by atoms with E-state index in [1.54, 1.807) is 0 Å². The molecule has 3 fully saturated rings. The molecule has 1 N–H and O–H groups in total. The third-order valence-corrected chi connectivity index (χ3v) is 4.08. The first-order valence-corrected chi connectivity index (χ1v) is 4.58. The molecule has 0 aromatic carbocycles. The average molecular weight is 154 g/mol. The molecule has 0 spiro atoms. The van der Waals surface area contributed by atoms with Gasteiger partial charge in [0.15, 0.2) is 6.29 Å². The van der Waals surface area contributed by atoms with Crippen LogP contribution in [0.2, 0.25) is 0 Å². The number of hydrogen-bond acceptors (Lipinski definition) is 2. The van der Waals surface area contributed by atoms with Crippen molar-refractivity contribution in [3.8, 4) is 0 Å². The molecule has 0 radical (unpaired) electrons. The van der Waals surface area contributed by atoms with E-state index in [0.29, 0.717) is 12.0 Å². The molecule has 1 aliphatic heterocycles. The van der Waals surface area contributed by atoms with E-state index in [-0.39, 0.29) is 5.41 Å². The van der Waals surface area contributed by atoms with Crippen molar-refractivity contribution < 1.29 is 9.84 Å². The van der Waals surface area contributed by atoms with Crippen molar-refractivity contribution in [2.45, 2.75) is 38.6 Å². The van der Waals surface area contributed by atoms with Crippen LogP contribution in [-0.2, 0) is 4.74 Å². The Morgan fingerprint density at radius 3 is 2.91 bits per heavy atom. The Morgan fingerprint density at radius 2 is 2.27 bits per heavy atom. The fourth-order valence-electron chi connectivity index (χ4n) is 3.34. The number of aliphatic hydroxyl groups excluding tert-OH is 1. The zero-order valence-electron chi connectivity index (χ0n) is 6.79. The van der Waals surface area contributed by atoms with Gasteiger partial charge in [0.1, 0.15) is 0 Å². The number of hydrogen-bond donors (Lipinski definition) is 1. The molecule has 2 heteroatoms. The second-order valence-corrected chi connectivity index (χ2v) is 4.46. The molecule has 0 bridgehead atoms. The summed E-state index contributed by atoms with van der Waals surface area (Å²) in [4.78, 5) is 0. The molecule has 3 rings (SSSR count). The Labute approximate surface area is 66.5 Å². The topological polar surface area (TPSA) is 29.5 Å². The van der Waals surface area contributed by atoms with Crippen molar-refractivity contribution in [3.63, 3.8) is 0 Å². The highest BCUT2D eigenvalue weighted by atomic mass is 16.6. The van der Waals surface area contributed by atoms with Crippen molar-refractivity contribution in [2.24, 2.45) is 17.3 Å². The highest BCUT2D eigenvalue weighted by molar-refractivity contribution is 5.17. The predicted octanol–water partition coefficient (Wildman–Crippen LogP) is 1.14. The minimum Gasteiger partial charge on any atom is -0.367 e. The SMILES string of the molecule is CC12C(O)OC3CCCC1C32. The average Bonchev–Trinajstić information content (AvgIpc) is 2.51. The van der Waals surface area contributed by atoms with Gasteiger partial charge >= 0.3 is 0 Å². The Bertz CT molecular complexity index is 198. The summed E-state index contributed by atoms with van der Waals surface area (Å²) in [5, 5.41) is 9.58.